The first-order valence-electron chi connectivity index (χ1n) is 17.7. The topological polar surface area (TPSA) is 124 Å². The molecule has 0 radical (unpaired) electrons. The van der Waals surface area contributed by atoms with Crippen LogP contribution in [-0.4, -0.2) is 97.7 Å². The summed E-state index contributed by atoms with van der Waals surface area (Å²) in [7, 11) is 0. The second-order valence-corrected chi connectivity index (χ2v) is 14.3. The van der Waals surface area contributed by atoms with E-state index in [1.165, 1.54) is 6.08 Å². The second-order valence-electron chi connectivity index (χ2n) is 13.9. The number of alkyl halides is 1. The van der Waals surface area contributed by atoms with Crippen molar-refractivity contribution in [1.82, 2.24) is 34.7 Å². The molecular weight excluding hydrogens is 700 g/mol. The van der Waals surface area contributed by atoms with Gasteiger partial charge in [-0.05, 0) is 49.9 Å². The summed E-state index contributed by atoms with van der Waals surface area (Å²) in [4.78, 5) is 41.6. The van der Waals surface area contributed by atoms with Crippen LogP contribution in [0.1, 0.15) is 37.2 Å². The van der Waals surface area contributed by atoms with Crippen molar-refractivity contribution >= 4 is 51.1 Å². The number of rotatable bonds is 8. The van der Waals surface area contributed by atoms with E-state index < -0.39 is 23.6 Å². The number of anilines is 1. The Morgan fingerprint density at radius 1 is 1.11 bits per heavy atom. The number of amides is 1. The molecule has 3 fully saturated rings. The Kier molecular flexibility index (Phi) is 9.34. The van der Waals surface area contributed by atoms with Gasteiger partial charge < -0.3 is 14.5 Å². The Hall–Kier alpha value is -5.32. The summed E-state index contributed by atoms with van der Waals surface area (Å²) in [5.41, 5.74) is 0.726. The van der Waals surface area contributed by atoms with Crippen LogP contribution in [0.25, 0.3) is 39.0 Å². The van der Waals surface area contributed by atoms with Crippen LogP contribution in [0.4, 0.5) is 14.6 Å². The molecule has 1 amide bonds. The molecule has 11 nitrogen and oxygen atoms in total. The highest BCUT2D eigenvalue weighted by atomic mass is 35.5. The van der Waals surface area contributed by atoms with Crippen molar-refractivity contribution in [2.45, 2.75) is 50.4 Å². The number of pyridine rings is 1. The lowest BCUT2D eigenvalue weighted by atomic mass is 9.95. The minimum Gasteiger partial charge on any atom is -0.461 e. The predicted molar refractivity (Wildman–Crippen MR) is 198 cm³/mol. The minimum atomic E-state index is -0.943. The van der Waals surface area contributed by atoms with E-state index >= 15 is 4.39 Å². The number of piperazine rings is 1. The van der Waals surface area contributed by atoms with E-state index in [0.717, 1.165) is 24.8 Å². The normalized spacial score (nSPS) is 21.8. The molecule has 0 bridgehead atoms. The van der Waals surface area contributed by atoms with Crippen LogP contribution in [0.3, 0.4) is 0 Å². The third kappa shape index (κ3) is 6.62. The lowest BCUT2D eigenvalue weighted by Crippen LogP contribution is -2.55. The molecule has 2 aromatic carbocycles. The molecule has 5 aromatic rings. The van der Waals surface area contributed by atoms with E-state index in [0.29, 0.717) is 58.2 Å². The number of hydrogen-bond acceptors (Lipinski definition) is 10. The van der Waals surface area contributed by atoms with E-state index in [4.69, 9.17) is 21.3 Å². The van der Waals surface area contributed by atoms with Crippen LogP contribution >= 0.6 is 11.6 Å². The molecule has 270 valence electrons. The van der Waals surface area contributed by atoms with Crippen molar-refractivity contribution in [2.24, 2.45) is 0 Å². The molecule has 8 rings (SSSR count). The average Bonchev–Trinajstić information content (AvgIpc) is 3.69. The number of nitriles is 1. The Bertz CT molecular complexity index is 2300. The molecule has 14 heteroatoms. The Labute approximate surface area is 309 Å². The summed E-state index contributed by atoms with van der Waals surface area (Å²) in [6.45, 7) is 3.95. The summed E-state index contributed by atoms with van der Waals surface area (Å²) in [5.74, 6) is 0.0368. The summed E-state index contributed by atoms with van der Waals surface area (Å²) >= 11 is 6.63. The van der Waals surface area contributed by atoms with Crippen LogP contribution < -0.4 is 9.64 Å². The molecule has 3 saturated heterocycles. The average molecular weight is 736 g/mol. The number of fused-ring (bicyclic) bond motifs is 3. The second kappa shape index (κ2) is 14.2. The third-order valence-corrected chi connectivity index (χ3v) is 10.9. The maximum atomic E-state index is 16.9. The summed E-state index contributed by atoms with van der Waals surface area (Å²) in [6.07, 6.45) is 7.46. The number of ether oxygens (including phenoxy) is 1. The van der Waals surface area contributed by atoms with Crippen molar-refractivity contribution in [1.29, 1.82) is 5.26 Å². The van der Waals surface area contributed by atoms with Crippen LogP contribution in [0.15, 0.2) is 60.9 Å². The van der Waals surface area contributed by atoms with Gasteiger partial charge in [-0.25, -0.2) is 18.7 Å². The predicted octanol–water partition coefficient (Wildman–Crippen LogP) is 6.34. The molecule has 0 aliphatic carbocycles. The van der Waals surface area contributed by atoms with Gasteiger partial charge in [0, 0.05) is 67.0 Å². The van der Waals surface area contributed by atoms with Crippen LogP contribution in [0.2, 0.25) is 5.02 Å². The monoisotopic (exact) mass is 735 g/mol. The van der Waals surface area contributed by atoms with E-state index in [1.54, 1.807) is 48.5 Å². The van der Waals surface area contributed by atoms with Gasteiger partial charge in [0.15, 0.2) is 5.82 Å². The first-order chi connectivity index (χ1) is 25.7. The van der Waals surface area contributed by atoms with E-state index in [1.807, 2.05) is 29.2 Å². The number of hydrogen-bond donors (Lipinski definition) is 0. The molecule has 3 aliphatic rings. The van der Waals surface area contributed by atoms with Gasteiger partial charge in [0.05, 0.1) is 35.2 Å². The molecule has 53 heavy (non-hydrogen) atoms. The van der Waals surface area contributed by atoms with Crippen LogP contribution in [-0.2, 0) is 4.79 Å². The number of carbonyl (C=O) groups excluding carboxylic acids is 1. The van der Waals surface area contributed by atoms with Crippen molar-refractivity contribution in [3.63, 3.8) is 0 Å². The van der Waals surface area contributed by atoms with Gasteiger partial charge in [0.1, 0.15) is 35.6 Å². The van der Waals surface area contributed by atoms with E-state index in [-0.39, 0.29) is 49.2 Å². The van der Waals surface area contributed by atoms with Gasteiger partial charge >= 0.3 is 6.01 Å². The number of halogens is 3. The summed E-state index contributed by atoms with van der Waals surface area (Å²) in [5, 5.41) is 12.1. The van der Waals surface area contributed by atoms with Crippen molar-refractivity contribution in [3.8, 4) is 23.3 Å². The Morgan fingerprint density at radius 3 is 2.79 bits per heavy atom. The molecule has 0 spiro atoms. The van der Waals surface area contributed by atoms with Gasteiger partial charge in [-0.15, -0.1) is 0 Å². The van der Waals surface area contributed by atoms with Gasteiger partial charge in [-0.3, -0.25) is 14.7 Å². The summed E-state index contributed by atoms with van der Waals surface area (Å²) in [6, 6.07) is 14.4. The number of benzene rings is 2. The maximum absolute atomic E-state index is 16.9. The number of aromatic nitrogens is 5. The number of nitrogens with zero attached hydrogens (tertiary/aromatic N) is 9. The molecule has 3 aromatic heterocycles. The lowest BCUT2D eigenvalue weighted by Gasteiger charge is -2.41. The van der Waals surface area contributed by atoms with Gasteiger partial charge in [0.2, 0.25) is 5.91 Å². The SMILES string of the molecule is Cc1nccc(/C=C/C(=O)N2CCN(c3nc(OC[C@@]45CCCN4C[C@H](F)C5)nc4c(F)c(-c5cccc6cccc(Cl)c56)ncc34)C[C@@H]2CC#N)n1. The van der Waals surface area contributed by atoms with Gasteiger partial charge in [0.25, 0.3) is 0 Å². The molecule has 0 N–H and O–H groups in total. The fourth-order valence-corrected chi connectivity index (χ4v) is 8.38. The summed E-state index contributed by atoms with van der Waals surface area (Å²) < 4.78 is 37.8. The largest absolute Gasteiger partial charge is 0.461 e. The number of carbonyl (C=O) groups is 1. The van der Waals surface area contributed by atoms with Gasteiger partial charge in [-0.2, -0.15) is 15.2 Å². The van der Waals surface area contributed by atoms with Crippen molar-refractivity contribution in [2.75, 3.05) is 44.2 Å². The smallest absolute Gasteiger partial charge is 0.319 e. The van der Waals surface area contributed by atoms with Crippen LogP contribution in [0, 0.1) is 24.1 Å². The Balaban J connectivity index is 1.16. The maximum Gasteiger partial charge on any atom is 0.319 e. The third-order valence-electron chi connectivity index (χ3n) is 10.6. The fourth-order valence-electron chi connectivity index (χ4n) is 8.09. The van der Waals surface area contributed by atoms with Crippen molar-refractivity contribution < 1.29 is 18.3 Å². The number of aryl methyl sites for hydroxylation is 1. The highest BCUT2D eigenvalue weighted by Gasteiger charge is 2.49. The molecule has 6 heterocycles. The zero-order valence-corrected chi connectivity index (χ0v) is 29.8. The quantitative estimate of drug-likeness (QED) is 0.167. The standard InChI is InChI=1S/C39H36ClF2N9O2/c1-24-44-15-12-27(46-24)9-10-32(52)51-18-17-49(22-28(51)11-14-43)37-30-20-45-35(29-7-2-5-25-6-3-8-31(40)33(25)29)34(42)36(30)47-38(48-37)53-23-39-13-4-16-50(39)21-26(41)19-39/h2-3,5-10,12,15,20,26,28H,4,11,13,16-19,21-23H2,1H3/b10-9+/t26-,28+,39+/m1/s1. The van der Waals surface area contributed by atoms with Crippen molar-refractivity contribution in [3.05, 3.63) is 83.3 Å². The molecular formula is C39H36ClF2N9O2. The fraction of sp³-hybridized carbons (Fsp3) is 0.359. The van der Waals surface area contributed by atoms with E-state index in [2.05, 4.69) is 30.9 Å². The highest BCUT2D eigenvalue weighted by Crippen LogP contribution is 2.41. The molecule has 0 unspecified atom stereocenters. The van der Waals surface area contributed by atoms with Gasteiger partial charge in [-0.1, -0.05) is 41.9 Å². The molecule has 3 atom stereocenters. The zero-order chi connectivity index (χ0) is 36.7. The zero-order valence-electron chi connectivity index (χ0n) is 29.1. The first kappa shape index (κ1) is 34.7. The minimum absolute atomic E-state index is 0.00745. The molecule has 3 aliphatic heterocycles. The highest BCUT2D eigenvalue weighted by molar-refractivity contribution is 6.36. The Morgan fingerprint density at radius 2 is 1.96 bits per heavy atom. The lowest BCUT2D eigenvalue weighted by molar-refractivity contribution is -0.128. The molecule has 0 saturated carbocycles. The first-order valence-corrected chi connectivity index (χ1v) is 18.1. The van der Waals surface area contributed by atoms with Crippen LogP contribution in [0.5, 0.6) is 6.01 Å². The van der Waals surface area contributed by atoms with E-state index in [9.17, 15) is 14.4 Å².